The lowest BCUT2D eigenvalue weighted by atomic mass is 10.0. The molecule has 0 aliphatic rings. The standard InChI is InChI=1S/C36H69NO6/c1-5-6-7-8-9-10-11-12-13-14-15-16-17-18-19-20-21-22-23-24-25-26-27-28-35(39)43-32-33(38)31-42-30-29-34(36(40)41)37(2,3)4/h14-15,33-34,38H,5-13,16-32H2,1-4H3/p+1/b15-14-. The fraction of sp³-hybridized carbons (Fsp3) is 0.889. The first kappa shape index (κ1) is 41.6. The largest absolute Gasteiger partial charge is 0.477 e. The highest BCUT2D eigenvalue weighted by Gasteiger charge is 2.30. The van der Waals surface area contributed by atoms with Crippen LogP contribution in [0, 0.1) is 0 Å². The number of ether oxygens (including phenoxy) is 2. The Morgan fingerprint density at radius 2 is 1.12 bits per heavy atom. The Kier molecular flexibility index (Phi) is 28.3. The number of aliphatic hydroxyl groups is 1. The molecule has 0 aromatic rings. The van der Waals surface area contributed by atoms with Crippen LogP contribution in [0.5, 0.6) is 0 Å². The summed E-state index contributed by atoms with van der Waals surface area (Å²) in [4.78, 5) is 23.3. The van der Waals surface area contributed by atoms with Gasteiger partial charge in [-0.2, -0.15) is 0 Å². The molecule has 0 aromatic heterocycles. The summed E-state index contributed by atoms with van der Waals surface area (Å²) in [6.45, 7) is 2.44. The Morgan fingerprint density at radius 3 is 1.56 bits per heavy atom. The minimum atomic E-state index is -0.900. The van der Waals surface area contributed by atoms with Crippen molar-refractivity contribution in [3.8, 4) is 0 Å². The highest BCUT2D eigenvalue weighted by atomic mass is 16.5. The van der Waals surface area contributed by atoms with Crippen LogP contribution >= 0.6 is 0 Å². The number of esters is 1. The number of nitrogens with zero attached hydrogens (tertiary/aromatic N) is 1. The van der Waals surface area contributed by atoms with E-state index >= 15 is 0 Å². The van der Waals surface area contributed by atoms with Gasteiger partial charge in [0, 0.05) is 12.8 Å². The van der Waals surface area contributed by atoms with Crippen molar-refractivity contribution in [2.75, 3.05) is 41.0 Å². The van der Waals surface area contributed by atoms with E-state index in [0.717, 1.165) is 19.3 Å². The second kappa shape index (κ2) is 29.3. The minimum Gasteiger partial charge on any atom is -0.477 e. The maximum absolute atomic E-state index is 11.9. The SMILES string of the molecule is CCCCCCCCCC/C=C\CCCCCCCCCCCCCC(=O)OCC(O)COCCC(C(=O)O)[N+](C)(C)C. The number of aliphatic hydroxyl groups excluding tert-OH is 1. The quantitative estimate of drug-likeness (QED) is 0.0342. The van der Waals surface area contributed by atoms with E-state index in [-0.39, 0.29) is 25.8 Å². The number of carboxylic acids is 1. The van der Waals surface area contributed by atoms with E-state index in [1.54, 1.807) is 0 Å². The van der Waals surface area contributed by atoms with Gasteiger partial charge in [-0.3, -0.25) is 4.79 Å². The van der Waals surface area contributed by atoms with E-state index < -0.39 is 18.1 Å². The number of aliphatic carboxylic acids is 1. The topological polar surface area (TPSA) is 93.1 Å². The summed E-state index contributed by atoms with van der Waals surface area (Å²) in [5.41, 5.74) is 0. The summed E-state index contributed by atoms with van der Waals surface area (Å²) >= 11 is 0. The van der Waals surface area contributed by atoms with Crippen LogP contribution in [0.15, 0.2) is 12.2 Å². The van der Waals surface area contributed by atoms with Gasteiger partial charge in [0.1, 0.15) is 12.7 Å². The monoisotopic (exact) mass is 613 g/mol. The third-order valence-electron chi connectivity index (χ3n) is 8.15. The summed E-state index contributed by atoms with van der Waals surface area (Å²) in [5, 5.41) is 19.3. The number of hydrogen-bond acceptors (Lipinski definition) is 5. The number of carbonyl (C=O) groups excluding carboxylic acids is 1. The molecule has 0 heterocycles. The van der Waals surface area contributed by atoms with Crippen LogP contribution in [-0.4, -0.2) is 79.7 Å². The molecule has 0 saturated heterocycles. The lowest BCUT2D eigenvalue weighted by molar-refractivity contribution is -0.887. The fourth-order valence-corrected chi connectivity index (χ4v) is 5.32. The highest BCUT2D eigenvalue weighted by Crippen LogP contribution is 2.14. The molecular weight excluding hydrogens is 542 g/mol. The Labute approximate surface area is 265 Å². The molecule has 0 aliphatic carbocycles. The molecule has 0 spiro atoms. The van der Waals surface area contributed by atoms with Gasteiger partial charge in [0.15, 0.2) is 6.04 Å². The number of unbranched alkanes of at least 4 members (excludes halogenated alkanes) is 19. The second-order valence-electron chi connectivity index (χ2n) is 13.3. The fourth-order valence-electron chi connectivity index (χ4n) is 5.32. The first-order valence-corrected chi connectivity index (χ1v) is 17.8. The lowest BCUT2D eigenvalue weighted by Gasteiger charge is -2.31. The molecule has 0 rings (SSSR count). The van der Waals surface area contributed by atoms with Crippen molar-refractivity contribution in [1.82, 2.24) is 0 Å². The number of rotatable bonds is 32. The predicted molar refractivity (Wildman–Crippen MR) is 178 cm³/mol. The van der Waals surface area contributed by atoms with E-state index in [4.69, 9.17) is 9.47 Å². The summed E-state index contributed by atoms with van der Waals surface area (Å²) in [5.74, 6) is -1.15. The average Bonchev–Trinajstić information content (AvgIpc) is 2.95. The molecule has 2 unspecified atom stereocenters. The third kappa shape index (κ3) is 29.1. The zero-order valence-corrected chi connectivity index (χ0v) is 28.7. The van der Waals surface area contributed by atoms with Crippen LogP contribution < -0.4 is 0 Å². The molecule has 0 bridgehead atoms. The van der Waals surface area contributed by atoms with Crippen LogP contribution in [0.2, 0.25) is 0 Å². The van der Waals surface area contributed by atoms with Gasteiger partial charge in [0.05, 0.1) is 34.4 Å². The number of likely N-dealkylation sites (N-methyl/N-ethyl adjacent to an activating group) is 1. The summed E-state index contributed by atoms with van der Waals surface area (Å²) in [6.07, 6.45) is 31.9. The van der Waals surface area contributed by atoms with Crippen molar-refractivity contribution in [2.45, 2.75) is 167 Å². The van der Waals surface area contributed by atoms with Crippen molar-refractivity contribution in [3.63, 3.8) is 0 Å². The van der Waals surface area contributed by atoms with Gasteiger partial charge in [-0.1, -0.05) is 122 Å². The number of quaternary nitrogens is 1. The smallest absolute Gasteiger partial charge is 0.362 e. The van der Waals surface area contributed by atoms with Crippen LogP contribution in [0.25, 0.3) is 0 Å². The van der Waals surface area contributed by atoms with Crippen molar-refractivity contribution in [3.05, 3.63) is 12.2 Å². The third-order valence-corrected chi connectivity index (χ3v) is 8.15. The molecule has 0 amide bonds. The molecule has 0 saturated carbocycles. The van der Waals surface area contributed by atoms with Gasteiger partial charge in [0.25, 0.3) is 0 Å². The van der Waals surface area contributed by atoms with Crippen LogP contribution in [0.1, 0.15) is 155 Å². The Hall–Kier alpha value is -1.44. The van der Waals surface area contributed by atoms with E-state index in [9.17, 15) is 19.8 Å². The Morgan fingerprint density at radius 1 is 0.674 bits per heavy atom. The Balaban J connectivity index is 3.42. The van der Waals surface area contributed by atoms with Crippen LogP contribution in [0.4, 0.5) is 0 Å². The predicted octanol–water partition coefficient (Wildman–Crippen LogP) is 8.61. The van der Waals surface area contributed by atoms with Gasteiger partial charge >= 0.3 is 11.9 Å². The maximum Gasteiger partial charge on any atom is 0.362 e. The average molecular weight is 613 g/mol. The lowest BCUT2D eigenvalue weighted by Crippen LogP contribution is -2.50. The number of carboxylic acid groups (broad SMARTS) is 1. The van der Waals surface area contributed by atoms with Crippen LogP contribution in [-0.2, 0) is 19.1 Å². The molecular formula is C36H70NO6+. The first-order valence-electron chi connectivity index (χ1n) is 17.8. The summed E-state index contributed by atoms with van der Waals surface area (Å²) < 4.78 is 10.9. The van der Waals surface area contributed by atoms with Gasteiger partial charge in [-0.05, 0) is 32.1 Å². The molecule has 0 aromatic carbocycles. The van der Waals surface area contributed by atoms with Crippen molar-refractivity contribution in [1.29, 1.82) is 0 Å². The zero-order valence-electron chi connectivity index (χ0n) is 28.7. The summed E-state index contributed by atoms with van der Waals surface area (Å²) in [7, 11) is 5.48. The second-order valence-corrected chi connectivity index (χ2v) is 13.3. The van der Waals surface area contributed by atoms with Crippen molar-refractivity contribution < 1.29 is 33.8 Å². The molecule has 0 fully saturated rings. The van der Waals surface area contributed by atoms with Crippen molar-refractivity contribution in [2.24, 2.45) is 0 Å². The first-order chi connectivity index (χ1) is 20.7. The summed E-state index contributed by atoms with van der Waals surface area (Å²) in [6, 6.07) is -0.573. The molecule has 7 heteroatoms. The zero-order chi connectivity index (χ0) is 32.0. The minimum absolute atomic E-state index is 0.0214. The normalized spacial score (nSPS) is 13.4. The van der Waals surface area contributed by atoms with E-state index in [2.05, 4.69) is 19.1 Å². The van der Waals surface area contributed by atoms with Gasteiger partial charge in [-0.15, -0.1) is 0 Å². The van der Waals surface area contributed by atoms with Gasteiger partial charge < -0.3 is 24.2 Å². The maximum atomic E-state index is 11.9. The Bertz CT molecular complexity index is 675. The molecule has 7 nitrogen and oxygen atoms in total. The molecule has 2 N–H and O–H groups in total. The molecule has 43 heavy (non-hydrogen) atoms. The molecule has 2 atom stereocenters. The van der Waals surface area contributed by atoms with Crippen molar-refractivity contribution >= 4 is 11.9 Å². The molecule has 0 radical (unpaired) electrons. The van der Waals surface area contributed by atoms with E-state index in [1.807, 2.05) is 21.1 Å². The van der Waals surface area contributed by atoms with Gasteiger partial charge in [0.2, 0.25) is 0 Å². The number of hydrogen-bond donors (Lipinski definition) is 2. The van der Waals surface area contributed by atoms with Crippen LogP contribution in [0.3, 0.4) is 0 Å². The highest BCUT2D eigenvalue weighted by molar-refractivity contribution is 5.72. The molecule has 254 valence electrons. The number of allylic oxidation sites excluding steroid dienone is 2. The number of carbonyl (C=O) groups is 2. The van der Waals surface area contributed by atoms with E-state index in [1.165, 1.54) is 116 Å². The molecule has 0 aliphatic heterocycles. The van der Waals surface area contributed by atoms with E-state index in [0.29, 0.717) is 17.3 Å². The van der Waals surface area contributed by atoms with Gasteiger partial charge in [-0.25, -0.2) is 4.79 Å².